The van der Waals surface area contributed by atoms with Crippen molar-refractivity contribution < 1.29 is 14.3 Å². The van der Waals surface area contributed by atoms with Gasteiger partial charge in [-0.25, -0.2) is 4.68 Å². The number of ether oxygens (including phenoxy) is 2. The van der Waals surface area contributed by atoms with Crippen LogP contribution in [0.25, 0.3) is 5.69 Å². The van der Waals surface area contributed by atoms with Gasteiger partial charge in [-0.05, 0) is 48.5 Å². The fourth-order valence-electron chi connectivity index (χ4n) is 3.20. The minimum absolute atomic E-state index is 0.186. The van der Waals surface area contributed by atoms with Crippen LogP contribution in [-0.4, -0.2) is 44.9 Å². The molecule has 2 heterocycles. The summed E-state index contributed by atoms with van der Waals surface area (Å²) in [6.45, 7) is 4.83. The van der Waals surface area contributed by atoms with Crippen LogP contribution in [0.5, 0.6) is 11.5 Å². The van der Waals surface area contributed by atoms with Crippen molar-refractivity contribution in [2.75, 3.05) is 13.2 Å². The summed E-state index contributed by atoms with van der Waals surface area (Å²) in [4.78, 5) is 12.4. The molecule has 8 heteroatoms. The highest BCUT2D eigenvalue weighted by Crippen LogP contribution is 2.41. The summed E-state index contributed by atoms with van der Waals surface area (Å²) in [6.07, 6.45) is 2.33. The molecule has 0 saturated heterocycles. The molecule has 0 bridgehead atoms. The van der Waals surface area contributed by atoms with Crippen molar-refractivity contribution in [1.82, 2.24) is 25.5 Å². The number of hydrogen-bond acceptors (Lipinski definition) is 6. The van der Waals surface area contributed by atoms with E-state index in [1.807, 2.05) is 18.2 Å². The second-order valence-electron chi connectivity index (χ2n) is 7.19. The van der Waals surface area contributed by atoms with E-state index in [2.05, 4.69) is 40.8 Å². The molecule has 0 spiro atoms. The van der Waals surface area contributed by atoms with Gasteiger partial charge in [0.05, 0.1) is 12.2 Å². The van der Waals surface area contributed by atoms with Crippen molar-refractivity contribution in [3.8, 4) is 17.2 Å². The van der Waals surface area contributed by atoms with Crippen LogP contribution in [0.3, 0.4) is 0 Å². The van der Waals surface area contributed by atoms with E-state index >= 15 is 0 Å². The van der Waals surface area contributed by atoms with E-state index < -0.39 is 0 Å². The molecule has 3 aromatic rings. The van der Waals surface area contributed by atoms with Crippen molar-refractivity contribution in [1.29, 1.82) is 0 Å². The standard InChI is InChI=1S/C20H21N5O3/c1-20(2)12-15-6-4-8-17(18(15)28-20)27-10-9-21-19(26)14-5-3-7-16(11-14)25-13-22-23-24-25/h3-8,11,13H,9-10,12H2,1-2H3,(H,21,26). The maximum atomic E-state index is 12.4. The molecule has 0 unspecified atom stereocenters. The molecule has 0 saturated carbocycles. The molecule has 1 N–H and O–H groups in total. The van der Waals surface area contributed by atoms with Gasteiger partial charge in [0.1, 0.15) is 18.5 Å². The first-order valence-corrected chi connectivity index (χ1v) is 9.07. The molecule has 8 nitrogen and oxygen atoms in total. The highest BCUT2D eigenvalue weighted by atomic mass is 16.5. The van der Waals surface area contributed by atoms with E-state index in [-0.39, 0.29) is 11.5 Å². The molecule has 1 aliphatic rings. The van der Waals surface area contributed by atoms with Crippen LogP contribution in [0.1, 0.15) is 29.8 Å². The lowest BCUT2D eigenvalue weighted by Gasteiger charge is -2.18. The first kappa shape index (κ1) is 18.0. The summed E-state index contributed by atoms with van der Waals surface area (Å²) in [6, 6.07) is 13.0. The van der Waals surface area contributed by atoms with Gasteiger partial charge in [-0.2, -0.15) is 0 Å². The maximum absolute atomic E-state index is 12.4. The monoisotopic (exact) mass is 379 g/mol. The summed E-state index contributed by atoms with van der Waals surface area (Å²) < 4.78 is 13.3. The molecule has 1 amide bonds. The Balaban J connectivity index is 1.33. The van der Waals surface area contributed by atoms with Gasteiger partial charge in [-0.1, -0.05) is 18.2 Å². The van der Waals surface area contributed by atoms with E-state index in [1.165, 1.54) is 11.0 Å². The first-order chi connectivity index (χ1) is 13.5. The molecular weight excluding hydrogens is 358 g/mol. The summed E-state index contributed by atoms with van der Waals surface area (Å²) in [5, 5.41) is 13.9. The number of amides is 1. The normalized spacial score (nSPS) is 14.2. The van der Waals surface area contributed by atoms with E-state index in [0.29, 0.717) is 30.2 Å². The third-order valence-electron chi connectivity index (χ3n) is 4.42. The molecule has 0 radical (unpaired) electrons. The number of nitrogens with zero attached hydrogens (tertiary/aromatic N) is 4. The van der Waals surface area contributed by atoms with E-state index in [4.69, 9.17) is 9.47 Å². The fourth-order valence-corrected chi connectivity index (χ4v) is 3.20. The lowest BCUT2D eigenvalue weighted by molar-refractivity contribution is 0.0946. The van der Waals surface area contributed by atoms with Gasteiger partial charge in [0.2, 0.25) is 0 Å². The number of aromatic nitrogens is 4. The number of benzene rings is 2. The van der Waals surface area contributed by atoms with Crippen molar-refractivity contribution in [2.45, 2.75) is 25.9 Å². The molecule has 144 valence electrons. The Morgan fingerprint density at radius 2 is 2.14 bits per heavy atom. The smallest absolute Gasteiger partial charge is 0.251 e. The zero-order valence-electron chi connectivity index (χ0n) is 15.8. The highest BCUT2D eigenvalue weighted by molar-refractivity contribution is 5.94. The van der Waals surface area contributed by atoms with Gasteiger partial charge < -0.3 is 14.8 Å². The Hall–Kier alpha value is -3.42. The minimum Gasteiger partial charge on any atom is -0.488 e. The number of tetrazole rings is 1. The van der Waals surface area contributed by atoms with Crippen LogP contribution >= 0.6 is 0 Å². The van der Waals surface area contributed by atoms with Crippen LogP contribution in [0, 0.1) is 0 Å². The third kappa shape index (κ3) is 3.80. The van der Waals surface area contributed by atoms with Crippen LogP contribution in [0.2, 0.25) is 0 Å². The SMILES string of the molecule is CC1(C)Cc2cccc(OCCNC(=O)c3cccc(-n4cnnn4)c3)c2O1. The van der Waals surface area contributed by atoms with Gasteiger partial charge in [-0.15, -0.1) is 5.10 Å². The number of hydrogen-bond donors (Lipinski definition) is 1. The molecule has 0 fully saturated rings. The molecule has 1 aromatic heterocycles. The predicted molar refractivity (Wildman–Crippen MR) is 102 cm³/mol. The Morgan fingerprint density at radius 1 is 1.29 bits per heavy atom. The van der Waals surface area contributed by atoms with Crippen molar-refractivity contribution in [2.24, 2.45) is 0 Å². The number of rotatable bonds is 6. The molecule has 28 heavy (non-hydrogen) atoms. The number of para-hydroxylation sites is 1. The van der Waals surface area contributed by atoms with Gasteiger partial charge in [0, 0.05) is 17.5 Å². The Kier molecular flexibility index (Phi) is 4.68. The topological polar surface area (TPSA) is 91.2 Å². The molecule has 1 aliphatic heterocycles. The lowest BCUT2D eigenvalue weighted by atomic mass is 10.0. The zero-order valence-corrected chi connectivity index (χ0v) is 15.8. The highest BCUT2D eigenvalue weighted by Gasteiger charge is 2.32. The van der Waals surface area contributed by atoms with Gasteiger partial charge in [0.15, 0.2) is 11.5 Å². The fraction of sp³-hybridized carbons (Fsp3) is 0.300. The number of carbonyl (C=O) groups excluding carboxylic acids is 1. The average molecular weight is 379 g/mol. The second kappa shape index (κ2) is 7.30. The molecule has 0 atom stereocenters. The first-order valence-electron chi connectivity index (χ1n) is 9.07. The maximum Gasteiger partial charge on any atom is 0.251 e. The van der Waals surface area contributed by atoms with Crippen molar-refractivity contribution >= 4 is 5.91 Å². The summed E-state index contributed by atoms with van der Waals surface area (Å²) in [7, 11) is 0. The number of carbonyl (C=O) groups is 1. The third-order valence-corrected chi connectivity index (χ3v) is 4.42. The minimum atomic E-state index is -0.222. The largest absolute Gasteiger partial charge is 0.488 e. The quantitative estimate of drug-likeness (QED) is 0.660. The Labute approximate surface area is 162 Å². The summed E-state index contributed by atoms with van der Waals surface area (Å²) in [5.41, 5.74) is 2.17. The van der Waals surface area contributed by atoms with Crippen LogP contribution in [-0.2, 0) is 6.42 Å². The van der Waals surface area contributed by atoms with Gasteiger partial charge >= 0.3 is 0 Å². The lowest BCUT2D eigenvalue weighted by Crippen LogP contribution is -2.28. The molecule has 0 aliphatic carbocycles. The number of nitrogens with one attached hydrogen (secondary N) is 1. The van der Waals surface area contributed by atoms with Crippen molar-refractivity contribution in [3.63, 3.8) is 0 Å². The van der Waals surface area contributed by atoms with E-state index in [1.54, 1.807) is 18.2 Å². The zero-order chi connectivity index (χ0) is 19.6. The Bertz CT molecular complexity index is 985. The van der Waals surface area contributed by atoms with Crippen LogP contribution in [0.4, 0.5) is 0 Å². The van der Waals surface area contributed by atoms with Gasteiger partial charge in [0.25, 0.3) is 5.91 Å². The summed E-state index contributed by atoms with van der Waals surface area (Å²) >= 11 is 0. The predicted octanol–water partition coefficient (Wildman–Crippen LogP) is 2.18. The summed E-state index contributed by atoms with van der Waals surface area (Å²) in [5.74, 6) is 1.32. The Morgan fingerprint density at radius 3 is 2.96 bits per heavy atom. The van der Waals surface area contributed by atoms with E-state index in [9.17, 15) is 4.79 Å². The van der Waals surface area contributed by atoms with Gasteiger partial charge in [-0.3, -0.25) is 4.79 Å². The van der Waals surface area contributed by atoms with Crippen molar-refractivity contribution in [3.05, 3.63) is 59.9 Å². The molecule has 4 rings (SSSR count). The van der Waals surface area contributed by atoms with Crippen LogP contribution in [0.15, 0.2) is 48.8 Å². The second-order valence-corrected chi connectivity index (χ2v) is 7.19. The number of fused-ring (bicyclic) bond motifs is 1. The van der Waals surface area contributed by atoms with Crippen LogP contribution < -0.4 is 14.8 Å². The molecule has 2 aromatic carbocycles. The van der Waals surface area contributed by atoms with E-state index in [0.717, 1.165) is 17.7 Å². The molecular formula is C20H21N5O3. The average Bonchev–Trinajstić information content (AvgIpc) is 3.32.